The van der Waals surface area contributed by atoms with Crippen LogP contribution in [-0.2, 0) is 5.41 Å². The van der Waals surface area contributed by atoms with Gasteiger partial charge in [-0.2, -0.15) is 0 Å². The molecule has 8 aromatic rings. The number of nitrogens with zero attached hydrogens (tertiary/aromatic N) is 2. The maximum absolute atomic E-state index is 6.41. The average molecular weight is 615 g/mol. The molecule has 3 heteroatoms. The molecule has 2 heterocycles. The van der Waals surface area contributed by atoms with Gasteiger partial charge >= 0.3 is 0 Å². The molecule has 226 valence electrons. The Hall–Kier alpha value is -6.06. The Morgan fingerprint density at radius 2 is 1.08 bits per heavy atom. The van der Waals surface area contributed by atoms with Crippen molar-refractivity contribution < 1.29 is 4.74 Å². The van der Waals surface area contributed by atoms with E-state index in [0.717, 1.165) is 50.3 Å². The van der Waals surface area contributed by atoms with Crippen LogP contribution >= 0.6 is 0 Å². The molecule has 0 saturated heterocycles. The van der Waals surface area contributed by atoms with Crippen molar-refractivity contribution in [2.75, 3.05) is 0 Å². The summed E-state index contributed by atoms with van der Waals surface area (Å²) >= 11 is 0. The molecule has 0 fully saturated rings. The van der Waals surface area contributed by atoms with Crippen molar-refractivity contribution in [3.05, 3.63) is 157 Å². The van der Waals surface area contributed by atoms with Crippen molar-refractivity contribution >= 4 is 21.7 Å². The number of para-hydroxylation sites is 2. The van der Waals surface area contributed by atoms with Gasteiger partial charge in [0.25, 0.3) is 0 Å². The van der Waals surface area contributed by atoms with Crippen LogP contribution in [0, 0.1) is 0 Å². The minimum absolute atomic E-state index is 0.132. The fourth-order valence-corrected chi connectivity index (χ4v) is 7.88. The van der Waals surface area contributed by atoms with E-state index < -0.39 is 0 Å². The average Bonchev–Trinajstić information content (AvgIpc) is 3.46. The molecule has 0 radical (unpaired) electrons. The van der Waals surface area contributed by atoms with Crippen molar-refractivity contribution in [2.45, 2.75) is 19.3 Å². The number of benzene rings is 7. The second-order valence-corrected chi connectivity index (χ2v) is 13.4. The normalized spacial score (nSPS) is 13.5. The van der Waals surface area contributed by atoms with Crippen LogP contribution in [0.15, 0.2) is 146 Å². The van der Waals surface area contributed by atoms with Gasteiger partial charge in [-0.3, -0.25) is 0 Å². The first-order valence-electron chi connectivity index (χ1n) is 16.5. The summed E-state index contributed by atoms with van der Waals surface area (Å²) in [4.78, 5) is 10.3. The van der Waals surface area contributed by atoms with E-state index in [4.69, 9.17) is 14.7 Å². The molecule has 1 aliphatic heterocycles. The Labute approximate surface area is 279 Å². The van der Waals surface area contributed by atoms with Gasteiger partial charge in [0.2, 0.25) is 0 Å². The van der Waals surface area contributed by atoms with Crippen LogP contribution in [0.1, 0.15) is 25.0 Å². The van der Waals surface area contributed by atoms with Crippen molar-refractivity contribution in [3.8, 4) is 67.5 Å². The van der Waals surface area contributed by atoms with Crippen LogP contribution in [0.25, 0.3) is 77.7 Å². The van der Waals surface area contributed by atoms with Gasteiger partial charge < -0.3 is 4.74 Å². The summed E-state index contributed by atoms with van der Waals surface area (Å²) in [5.74, 6) is 2.56. The predicted molar refractivity (Wildman–Crippen MR) is 196 cm³/mol. The highest BCUT2D eigenvalue weighted by atomic mass is 16.5. The van der Waals surface area contributed by atoms with Crippen molar-refractivity contribution in [3.63, 3.8) is 0 Å². The van der Waals surface area contributed by atoms with Crippen molar-refractivity contribution in [1.82, 2.24) is 9.97 Å². The fourth-order valence-electron chi connectivity index (χ4n) is 7.88. The fraction of sp³-hybridized carbons (Fsp3) is 0.0667. The van der Waals surface area contributed by atoms with Gasteiger partial charge in [0.15, 0.2) is 5.82 Å². The quantitative estimate of drug-likeness (QED) is 0.199. The summed E-state index contributed by atoms with van der Waals surface area (Å²) in [5, 5.41) is 3.56. The van der Waals surface area contributed by atoms with Gasteiger partial charge in [0.05, 0.1) is 11.2 Å². The maximum Gasteiger partial charge on any atom is 0.160 e. The standard InChI is InChI=1S/C45H30N2O/c1-45(2)37-15-6-8-17-40(37)48-41-26-29(22-25-38(41)45)27-18-20-28(21-19-27)44-46-39-16-7-5-12-36(39)43(47-44)35-24-23-34-31-11-4-3-10-30(31)32-13-9-14-33(35)42(32)34/h3-26H,1-2H3. The third-order valence-electron chi connectivity index (χ3n) is 10.3. The highest BCUT2D eigenvalue weighted by molar-refractivity contribution is 6.19. The van der Waals surface area contributed by atoms with Crippen LogP contribution in [0.2, 0.25) is 0 Å². The van der Waals surface area contributed by atoms with Gasteiger partial charge in [0, 0.05) is 33.1 Å². The zero-order valence-corrected chi connectivity index (χ0v) is 26.7. The third-order valence-corrected chi connectivity index (χ3v) is 10.3. The zero-order chi connectivity index (χ0) is 32.0. The Kier molecular flexibility index (Phi) is 5.63. The van der Waals surface area contributed by atoms with Gasteiger partial charge in [-0.25, -0.2) is 9.97 Å². The molecule has 0 saturated carbocycles. The molecule has 7 aromatic carbocycles. The van der Waals surface area contributed by atoms with E-state index in [1.54, 1.807) is 0 Å². The molecule has 48 heavy (non-hydrogen) atoms. The van der Waals surface area contributed by atoms with Crippen LogP contribution in [0.4, 0.5) is 0 Å². The summed E-state index contributed by atoms with van der Waals surface area (Å²) in [6.07, 6.45) is 0. The lowest BCUT2D eigenvalue weighted by Gasteiger charge is -2.34. The summed E-state index contributed by atoms with van der Waals surface area (Å²) < 4.78 is 6.41. The van der Waals surface area contributed by atoms with Crippen LogP contribution < -0.4 is 4.74 Å². The van der Waals surface area contributed by atoms with Crippen LogP contribution in [0.3, 0.4) is 0 Å². The molecule has 0 amide bonds. The van der Waals surface area contributed by atoms with E-state index in [1.807, 2.05) is 12.1 Å². The zero-order valence-electron chi connectivity index (χ0n) is 26.7. The number of aromatic nitrogens is 2. The van der Waals surface area contributed by atoms with Crippen LogP contribution in [0.5, 0.6) is 11.5 Å². The summed E-state index contributed by atoms with van der Waals surface area (Å²) in [6.45, 7) is 4.53. The number of rotatable bonds is 3. The van der Waals surface area contributed by atoms with E-state index in [1.165, 1.54) is 44.2 Å². The smallest absolute Gasteiger partial charge is 0.160 e. The Morgan fingerprint density at radius 1 is 0.458 bits per heavy atom. The predicted octanol–water partition coefficient (Wildman–Crippen LogP) is 11.9. The summed E-state index contributed by atoms with van der Waals surface area (Å²) in [5.41, 5.74) is 13.7. The lowest BCUT2D eigenvalue weighted by atomic mass is 9.75. The highest BCUT2D eigenvalue weighted by Gasteiger charge is 2.34. The second kappa shape index (κ2) is 9.97. The number of ether oxygens (including phenoxy) is 1. The summed E-state index contributed by atoms with van der Waals surface area (Å²) in [7, 11) is 0. The molecule has 0 bridgehead atoms. The van der Waals surface area contributed by atoms with Crippen molar-refractivity contribution in [2.24, 2.45) is 0 Å². The van der Waals surface area contributed by atoms with Crippen LogP contribution in [-0.4, -0.2) is 9.97 Å². The van der Waals surface area contributed by atoms with E-state index in [2.05, 4.69) is 147 Å². The molecule has 0 atom stereocenters. The Balaban J connectivity index is 1.06. The molecule has 0 spiro atoms. The van der Waals surface area contributed by atoms with E-state index in [0.29, 0.717) is 5.82 Å². The summed E-state index contributed by atoms with van der Waals surface area (Å²) in [6, 6.07) is 51.7. The maximum atomic E-state index is 6.41. The first-order chi connectivity index (χ1) is 23.5. The monoisotopic (exact) mass is 614 g/mol. The first kappa shape index (κ1) is 27.1. The topological polar surface area (TPSA) is 35.0 Å². The number of fused-ring (bicyclic) bond motifs is 6. The molecule has 10 rings (SSSR count). The highest BCUT2D eigenvalue weighted by Crippen LogP contribution is 2.50. The van der Waals surface area contributed by atoms with E-state index in [9.17, 15) is 0 Å². The second-order valence-electron chi connectivity index (χ2n) is 13.4. The largest absolute Gasteiger partial charge is 0.457 e. The van der Waals surface area contributed by atoms with Gasteiger partial charge in [-0.15, -0.1) is 0 Å². The lowest BCUT2D eigenvalue weighted by molar-refractivity contribution is 0.418. The Morgan fingerprint density at radius 3 is 1.94 bits per heavy atom. The third kappa shape index (κ3) is 3.88. The molecule has 0 N–H and O–H groups in total. The first-order valence-corrected chi connectivity index (χ1v) is 16.5. The number of hydrogen-bond donors (Lipinski definition) is 0. The molecule has 1 aliphatic carbocycles. The van der Waals surface area contributed by atoms with Gasteiger partial charge in [0.1, 0.15) is 11.5 Å². The minimum Gasteiger partial charge on any atom is -0.457 e. The molecular formula is C45H30N2O. The number of hydrogen-bond acceptors (Lipinski definition) is 3. The Bertz CT molecular complexity index is 2590. The van der Waals surface area contributed by atoms with E-state index in [-0.39, 0.29) is 5.41 Å². The van der Waals surface area contributed by atoms with Crippen molar-refractivity contribution in [1.29, 1.82) is 0 Å². The van der Waals surface area contributed by atoms with E-state index >= 15 is 0 Å². The molecule has 2 aliphatic rings. The van der Waals surface area contributed by atoms with Gasteiger partial charge in [-0.1, -0.05) is 141 Å². The molecule has 0 unspecified atom stereocenters. The lowest BCUT2D eigenvalue weighted by Crippen LogP contribution is -2.24. The molecular weight excluding hydrogens is 585 g/mol. The SMILES string of the molecule is CC1(C)c2ccccc2Oc2cc(-c3ccc(-c4nc(-c5ccc6c7c(cccc57)-c5ccccc5-6)c5ccccc5n4)cc3)ccc21. The minimum atomic E-state index is -0.132. The molecule has 3 nitrogen and oxygen atoms in total. The molecule has 1 aromatic heterocycles. The van der Waals surface area contributed by atoms with Gasteiger partial charge in [-0.05, 0) is 62.4 Å².